The Hall–Kier alpha value is -3.15. The Balaban J connectivity index is 1.69. The van der Waals surface area contributed by atoms with E-state index < -0.39 is 0 Å². The van der Waals surface area contributed by atoms with Gasteiger partial charge in [0, 0.05) is 24.7 Å². The molecule has 140 valence electrons. The van der Waals surface area contributed by atoms with Gasteiger partial charge in [0.2, 0.25) is 0 Å². The summed E-state index contributed by atoms with van der Waals surface area (Å²) in [6.07, 6.45) is 0.467. The number of hydrogen-bond acceptors (Lipinski definition) is 4. The van der Waals surface area contributed by atoms with Crippen molar-refractivity contribution in [1.82, 2.24) is 5.32 Å². The maximum absolute atomic E-state index is 12.3. The fourth-order valence-corrected chi connectivity index (χ4v) is 3.45. The lowest BCUT2D eigenvalue weighted by atomic mass is 9.97. The Morgan fingerprint density at radius 3 is 2.74 bits per heavy atom. The van der Waals surface area contributed by atoms with Gasteiger partial charge in [0.1, 0.15) is 5.75 Å². The number of ether oxygens (including phenoxy) is 1. The number of rotatable bonds is 5. The number of benzene rings is 2. The minimum atomic E-state index is -0.364. The molecule has 0 bridgehead atoms. The number of anilines is 1. The van der Waals surface area contributed by atoms with Crippen LogP contribution in [0.5, 0.6) is 5.75 Å². The molecule has 27 heavy (non-hydrogen) atoms. The van der Waals surface area contributed by atoms with Gasteiger partial charge in [0.05, 0.1) is 5.56 Å². The Kier molecular flexibility index (Phi) is 5.26. The molecule has 2 aromatic rings. The summed E-state index contributed by atoms with van der Waals surface area (Å²) in [4.78, 5) is 36.2. The van der Waals surface area contributed by atoms with E-state index in [1.165, 1.54) is 0 Å². The lowest BCUT2D eigenvalue weighted by Gasteiger charge is -2.13. The van der Waals surface area contributed by atoms with Gasteiger partial charge >= 0.3 is 0 Å². The Morgan fingerprint density at radius 2 is 2.00 bits per heavy atom. The van der Waals surface area contributed by atoms with E-state index in [4.69, 9.17) is 4.74 Å². The summed E-state index contributed by atoms with van der Waals surface area (Å²) in [5, 5.41) is 5.24. The molecule has 0 aromatic heterocycles. The fourth-order valence-electron chi connectivity index (χ4n) is 3.45. The second-order valence-corrected chi connectivity index (χ2v) is 6.69. The molecule has 1 aliphatic rings. The van der Waals surface area contributed by atoms with Crippen LogP contribution in [0.1, 0.15) is 51.1 Å². The van der Waals surface area contributed by atoms with Crippen molar-refractivity contribution >= 4 is 23.3 Å². The molecule has 3 rings (SSSR count). The normalized spacial score (nSPS) is 15.2. The van der Waals surface area contributed by atoms with E-state index in [1.54, 1.807) is 37.4 Å². The number of ketones is 1. The topological polar surface area (TPSA) is 84.5 Å². The van der Waals surface area contributed by atoms with Crippen molar-refractivity contribution in [3.8, 4) is 5.75 Å². The van der Waals surface area contributed by atoms with Gasteiger partial charge in [-0.1, -0.05) is 19.1 Å². The molecule has 2 N–H and O–H groups in total. The zero-order valence-corrected chi connectivity index (χ0v) is 15.6. The first-order valence-electron chi connectivity index (χ1n) is 8.82. The molecular weight excluding hydrogens is 344 g/mol. The number of carbonyl (C=O) groups is 3. The monoisotopic (exact) mass is 366 g/mol. The summed E-state index contributed by atoms with van der Waals surface area (Å²) in [5.74, 6) is 0.0634. The molecule has 1 atom stereocenters. The minimum Gasteiger partial charge on any atom is -0.483 e. The average Bonchev–Trinajstić information content (AvgIpc) is 2.96. The molecular formula is C21H22N2O4. The summed E-state index contributed by atoms with van der Waals surface area (Å²) in [5.41, 5.74) is 3.62. The molecule has 0 aliphatic heterocycles. The molecule has 0 fully saturated rings. The van der Waals surface area contributed by atoms with Crippen molar-refractivity contribution in [3.63, 3.8) is 0 Å². The molecule has 2 amide bonds. The van der Waals surface area contributed by atoms with Crippen LogP contribution in [0, 0.1) is 6.92 Å². The number of carbonyl (C=O) groups excluding carboxylic acids is 3. The van der Waals surface area contributed by atoms with Crippen LogP contribution in [-0.2, 0) is 4.79 Å². The highest BCUT2D eigenvalue weighted by Gasteiger charge is 2.31. The van der Waals surface area contributed by atoms with Crippen molar-refractivity contribution in [2.24, 2.45) is 0 Å². The van der Waals surface area contributed by atoms with Crippen molar-refractivity contribution in [2.45, 2.75) is 26.2 Å². The average molecular weight is 366 g/mol. The van der Waals surface area contributed by atoms with Gasteiger partial charge in [0.15, 0.2) is 12.4 Å². The molecule has 6 heteroatoms. The lowest BCUT2D eigenvalue weighted by Crippen LogP contribution is -2.22. The van der Waals surface area contributed by atoms with Crippen LogP contribution in [0.3, 0.4) is 0 Å². The van der Waals surface area contributed by atoms with E-state index in [9.17, 15) is 14.4 Å². The largest absolute Gasteiger partial charge is 0.483 e. The number of amides is 2. The van der Waals surface area contributed by atoms with E-state index in [-0.39, 0.29) is 30.1 Å². The number of hydrogen-bond donors (Lipinski definition) is 2. The molecule has 0 heterocycles. The van der Waals surface area contributed by atoms with Crippen LogP contribution in [0.4, 0.5) is 5.69 Å². The maximum atomic E-state index is 12.3. The second-order valence-electron chi connectivity index (χ2n) is 6.69. The molecule has 6 nitrogen and oxygen atoms in total. The van der Waals surface area contributed by atoms with Crippen LogP contribution in [-0.4, -0.2) is 31.3 Å². The minimum absolute atomic E-state index is 0.0508. The highest BCUT2D eigenvalue weighted by atomic mass is 16.5. The summed E-state index contributed by atoms with van der Waals surface area (Å²) in [6, 6.07) is 10.3. The molecule has 1 aliphatic carbocycles. The van der Waals surface area contributed by atoms with Crippen LogP contribution in [0.25, 0.3) is 0 Å². The Morgan fingerprint density at radius 1 is 1.22 bits per heavy atom. The Labute approximate surface area is 157 Å². The zero-order chi connectivity index (χ0) is 19.6. The van der Waals surface area contributed by atoms with Gasteiger partial charge < -0.3 is 15.4 Å². The maximum Gasteiger partial charge on any atom is 0.262 e. The van der Waals surface area contributed by atoms with Gasteiger partial charge in [-0.2, -0.15) is 0 Å². The highest BCUT2D eigenvalue weighted by molar-refractivity contribution is 6.04. The Bertz CT molecular complexity index is 920. The fraction of sp³-hybridized carbons (Fsp3) is 0.286. The molecule has 0 saturated heterocycles. The number of nitrogens with one attached hydrogen (secondary N) is 2. The van der Waals surface area contributed by atoms with Crippen molar-refractivity contribution in [3.05, 3.63) is 58.7 Å². The van der Waals surface area contributed by atoms with Crippen molar-refractivity contribution in [1.29, 1.82) is 0 Å². The van der Waals surface area contributed by atoms with Crippen LogP contribution >= 0.6 is 0 Å². The van der Waals surface area contributed by atoms with Crippen molar-refractivity contribution in [2.75, 3.05) is 19.0 Å². The first-order chi connectivity index (χ1) is 12.9. The third-order valence-corrected chi connectivity index (χ3v) is 4.68. The predicted octanol–water partition coefficient (Wildman–Crippen LogP) is 3.06. The van der Waals surface area contributed by atoms with Crippen LogP contribution < -0.4 is 15.4 Å². The molecule has 2 aromatic carbocycles. The third-order valence-electron chi connectivity index (χ3n) is 4.68. The van der Waals surface area contributed by atoms with E-state index >= 15 is 0 Å². The van der Waals surface area contributed by atoms with Gasteiger partial charge in [-0.3, -0.25) is 14.4 Å². The van der Waals surface area contributed by atoms with Crippen LogP contribution in [0.2, 0.25) is 0 Å². The standard InChI is InChI=1S/C21H22N2O4/c1-12-7-8-17(20-16(24)9-13(2)19(12)20)27-11-18(25)23-15-6-4-5-14(10-15)21(26)22-3/h4-8,10,13H,9,11H2,1-3H3,(H,22,26)(H,23,25). The van der Waals surface area contributed by atoms with E-state index in [0.29, 0.717) is 29.0 Å². The number of fused-ring (bicyclic) bond motifs is 1. The highest BCUT2D eigenvalue weighted by Crippen LogP contribution is 2.40. The van der Waals surface area contributed by atoms with E-state index in [2.05, 4.69) is 10.6 Å². The van der Waals surface area contributed by atoms with E-state index in [1.807, 2.05) is 19.9 Å². The number of Topliss-reactive ketones (excluding diaryl/α,β-unsaturated/α-hetero) is 1. The molecule has 0 radical (unpaired) electrons. The number of aryl methyl sites for hydroxylation is 1. The van der Waals surface area contributed by atoms with Gasteiger partial charge in [-0.25, -0.2) is 0 Å². The second kappa shape index (κ2) is 7.61. The first kappa shape index (κ1) is 18.6. The zero-order valence-electron chi connectivity index (χ0n) is 15.6. The first-order valence-corrected chi connectivity index (χ1v) is 8.82. The quantitative estimate of drug-likeness (QED) is 0.852. The van der Waals surface area contributed by atoms with Gasteiger partial charge in [-0.05, 0) is 48.2 Å². The van der Waals surface area contributed by atoms with Crippen molar-refractivity contribution < 1.29 is 19.1 Å². The molecule has 0 spiro atoms. The van der Waals surface area contributed by atoms with Gasteiger partial charge in [-0.15, -0.1) is 0 Å². The molecule has 1 unspecified atom stereocenters. The SMILES string of the molecule is CNC(=O)c1cccc(NC(=O)COc2ccc(C)c3c2C(=O)CC3C)c1. The third kappa shape index (κ3) is 3.84. The van der Waals surface area contributed by atoms with Crippen LogP contribution in [0.15, 0.2) is 36.4 Å². The summed E-state index contributed by atoms with van der Waals surface area (Å²) < 4.78 is 5.64. The predicted molar refractivity (Wildman–Crippen MR) is 102 cm³/mol. The van der Waals surface area contributed by atoms with E-state index in [0.717, 1.165) is 11.1 Å². The lowest BCUT2D eigenvalue weighted by molar-refractivity contribution is -0.118. The molecule has 0 saturated carbocycles. The summed E-state index contributed by atoms with van der Waals surface area (Å²) >= 11 is 0. The smallest absolute Gasteiger partial charge is 0.262 e. The summed E-state index contributed by atoms with van der Waals surface area (Å²) in [7, 11) is 1.55. The van der Waals surface area contributed by atoms with Gasteiger partial charge in [0.25, 0.3) is 11.8 Å². The summed E-state index contributed by atoms with van der Waals surface area (Å²) in [6.45, 7) is 3.78.